The van der Waals surface area contributed by atoms with E-state index in [1.807, 2.05) is 6.07 Å². The van der Waals surface area contributed by atoms with Crippen molar-refractivity contribution in [2.24, 2.45) is 4.99 Å². The molecule has 2 aliphatic heterocycles. The summed E-state index contributed by atoms with van der Waals surface area (Å²) in [7, 11) is 1.65. The van der Waals surface area contributed by atoms with E-state index in [1.54, 1.807) is 30.4 Å². The quantitative estimate of drug-likeness (QED) is 0.763. The van der Waals surface area contributed by atoms with Crippen LogP contribution in [0.25, 0.3) is 10.9 Å². The van der Waals surface area contributed by atoms with Gasteiger partial charge in [0.05, 0.1) is 24.6 Å². The highest BCUT2D eigenvalue weighted by Crippen LogP contribution is 2.25. The molecule has 2 atom stereocenters. The van der Waals surface area contributed by atoms with Crippen LogP contribution in [0.2, 0.25) is 0 Å². The van der Waals surface area contributed by atoms with E-state index in [0.29, 0.717) is 13.0 Å². The van der Waals surface area contributed by atoms with Crippen molar-refractivity contribution >= 4 is 28.7 Å². The van der Waals surface area contributed by atoms with Crippen LogP contribution in [0.3, 0.4) is 0 Å². The van der Waals surface area contributed by atoms with Gasteiger partial charge in [-0.2, -0.15) is 0 Å². The van der Waals surface area contributed by atoms with Crippen molar-refractivity contribution in [3.8, 4) is 0 Å². The highest BCUT2D eigenvalue weighted by molar-refractivity contribution is 5.91. The lowest BCUT2D eigenvalue weighted by atomic mass is 10.0. The Morgan fingerprint density at radius 1 is 1.33 bits per heavy atom. The molecule has 8 heteroatoms. The lowest BCUT2D eigenvalue weighted by Gasteiger charge is -2.34. The standard InChI is InChI=1S/C22H27F2N5O/c1-25-12-18-10-16(24)13-29(18)22(30)14-28-8-5-17(6-9-28)27-21-4-7-26-20-3-2-15(23)11-19(20)21/h2-4,7,11-12,16-18H,5-6,8-10,13-14H2,1H3,(H,26,27)/t16-,18-/m0/s1. The van der Waals surface area contributed by atoms with Gasteiger partial charge >= 0.3 is 0 Å². The first-order valence-electron chi connectivity index (χ1n) is 10.4. The second-order valence-electron chi connectivity index (χ2n) is 8.07. The smallest absolute Gasteiger partial charge is 0.237 e. The van der Waals surface area contributed by atoms with Crippen molar-refractivity contribution in [1.29, 1.82) is 0 Å². The number of aromatic nitrogens is 1. The Balaban J connectivity index is 1.32. The number of amides is 1. The van der Waals surface area contributed by atoms with Crippen molar-refractivity contribution in [3.05, 3.63) is 36.3 Å². The summed E-state index contributed by atoms with van der Waals surface area (Å²) in [5.74, 6) is -0.321. The lowest BCUT2D eigenvalue weighted by Crippen LogP contribution is -2.47. The molecule has 0 aliphatic carbocycles. The Morgan fingerprint density at radius 3 is 2.90 bits per heavy atom. The van der Waals surface area contributed by atoms with Gasteiger partial charge in [-0.05, 0) is 37.1 Å². The Hall–Kier alpha value is -2.61. The van der Waals surface area contributed by atoms with Crippen molar-refractivity contribution in [2.45, 2.75) is 37.5 Å². The summed E-state index contributed by atoms with van der Waals surface area (Å²) in [6, 6.07) is 6.47. The van der Waals surface area contributed by atoms with Crippen molar-refractivity contribution in [3.63, 3.8) is 0 Å². The van der Waals surface area contributed by atoms with Crippen molar-refractivity contribution in [1.82, 2.24) is 14.8 Å². The van der Waals surface area contributed by atoms with Gasteiger partial charge in [-0.25, -0.2) is 8.78 Å². The van der Waals surface area contributed by atoms with Crippen LogP contribution >= 0.6 is 0 Å². The number of hydrogen-bond donors (Lipinski definition) is 1. The molecular formula is C22H27F2N5O. The van der Waals surface area contributed by atoms with E-state index >= 15 is 0 Å². The number of halogens is 2. The summed E-state index contributed by atoms with van der Waals surface area (Å²) < 4.78 is 27.4. The highest BCUT2D eigenvalue weighted by atomic mass is 19.1. The minimum Gasteiger partial charge on any atom is -0.382 e. The number of aliphatic imine (C=N–C) groups is 1. The largest absolute Gasteiger partial charge is 0.382 e. The summed E-state index contributed by atoms with van der Waals surface area (Å²) in [4.78, 5) is 24.7. The fourth-order valence-corrected chi connectivity index (χ4v) is 4.39. The van der Waals surface area contributed by atoms with E-state index < -0.39 is 6.17 Å². The molecule has 1 amide bonds. The van der Waals surface area contributed by atoms with E-state index in [0.717, 1.165) is 42.5 Å². The number of piperidine rings is 1. The molecule has 0 radical (unpaired) electrons. The average Bonchev–Trinajstić information content (AvgIpc) is 3.10. The summed E-state index contributed by atoms with van der Waals surface area (Å²) in [6.45, 7) is 2.01. The third-order valence-corrected chi connectivity index (χ3v) is 5.94. The third-order valence-electron chi connectivity index (χ3n) is 5.94. The van der Waals surface area contributed by atoms with Crippen LogP contribution in [0.15, 0.2) is 35.5 Å². The Bertz CT molecular complexity index is 929. The Kier molecular flexibility index (Phi) is 6.22. The zero-order valence-corrected chi connectivity index (χ0v) is 17.1. The maximum atomic E-state index is 13.8. The number of alkyl halides is 1. The van der Waals surface area contributed by atoms with E-state index in [-0.39, 0.29) is 30.4 Å². The van der Waals surface area contributed by atoms with Crippen molar-refractivity contribution in [2.75, 3.05) is 38.5 Å². The number of pyridine rings is 1. The predicted molar refractivity (Wildman–Crippen MR) is 114 cm³/mol. The number of carbonyl (C=O) groups excluding carboxylic acids is 1. The molecule has 160 valence electrons. The molecule has 2 aromatic rings. The first-order chi connectivity index (χ1) is 14.5. The molecule has 2 aliphatic rings. The number of anilines is 1. The molecule has 0 bridgehead atoms. The van der Waals surface area contributed by atoms with Crippen LogP contribution in [0.5, 0.6) is 0 Å². The fraction of sp³-hybridized carbons (Fsp3) is 0.500. The van der Waals surface area contributed by atoms with Crippen LogP contribution < -0.4 is 5.32 Å². The van der Waals surface area contributed by atoms with E-state index in [9.17, 15) is 13.6 Å². The van der Waals surface area contributed by atoms with Crippen LogP contribution in [-0.2, 0) is 4.79 Å². The van der Waals surface area contributed by atoms with Gasteiger partial charge in [-0.3, -0.25) is 19.7 Å². The molecule has 1 aromatic heterocycles. The molecule has 1 N–H and O–H groups in total. The molecule has 30 heavy (non-hydrogen) atoms. The van der Waals surface area contributed by atoms with Crippen LogP contribution in [0.4, 0.5) is 14.5 Å². The molecule has 2 fully saturated rings. The van der Waals surface area contributed by atoms with E-state index in [2.05, 4.69) is 20.2 Å². The van der Waals surface area contributed by atoms with Gasteiger partial charge in [0.1, 0.15) is 12.0 Å². The summed E-state index contributed by atoms with van der Waals surface area (Å²) in [5.41, 5.74) is 1.63. The lowest BCUT2D eigenvalue weighted by molar-refractivity contribution is -0.132. The number of nitrogens with zero attached hydrogens (tertiary/aromatic N) is 4. The number of fused-ring (bicyclic) bond motifs is 1. The first kappa shape index (κ1) is 20.7. The zero-order valence-electron chi connectivity index (χ0n) is 17.1. The molecule has 1 aromatic carbocycles. The summed E-state index contributed by atoms with van der Waals surface area (Å²) >= 11 is 0. The molecule has 4 rings (SSSR count). The maximum Gasteiger partial charge on any atom is 0.237 e. The Labute approximate surface area is 175 Å². The topological polar surface area (TPSA) is 60.8 Å². The van der Waals surface area contributed by atoms with Gasteiger partial charge in [0.15, 0.2) is 0 Å². The zero-order chi connectivity index (χ0) is 21.1. The normalized spacial score (nSPS) is 23.5. The highest BCUT2D eigenvalue weighted by Gasteiger charge is 2.35. The number of nitrogens with one attached hydrogen (secondary N) is 1. The van der Waals surface area contributed by atoms with E-state index in [1.165, 1.54) is 12.1 Å². The molecule has 6 nitrogen and oxygen atoms in total. The van der Waals surface area contributed by atoms with Crippen molar-refractivity contribution < 1.29 is 13.6 Å². The monoisotopic (exact) mass is 415 g/mol. The minimum absolute atomic E-state index is 0.0398. The summed E-state index contributed by atoms with van der Waals surface area (Å²) in [6.07, 6.45) is 4.48. The number of rotatable bonds is 5. The molecule has 0 unspecified atom stereocenters. The average molecular weight is 415 g/mol. The third kappa shape index (κ3) is 4.59. The number of carbonyl (C=O) groups is 1. The second kappa shape index (κ2) is 9.04. The predicted octanol–water partition coefficient (Wildman–Crippen LogP) is 2.89. The van der Waals surface area contributed by atoms with Crippen LogP contribution in [-0.4, -0.2) is 78.4 Å². The van der Waals surface area contributed by atoms with Gasteiger partial charge in [0, 0.05) is 56.1 Å². The molecule has 0 saturated carbocycles. The van der Waals surface area contributed by atoms with Gasteiger partial charge in [0.2, 0.25) is 5.91 Å². The van der Waals surface area contributed by atoms with Gasteiger partial charge in [-0.15, -0.1) is 0 Å². The Morgan fingerprint density at radius 2 is 2.13 bits per heavy atom. The number of hydrogen-bond acceptors (Lipinski definition) is 5. The summed E-state index contributed by atoms with van der Waals surface area (Å²) in [5, 5.41) is 4.29. The van der Waals surface area contributed by atoms with E-state index in [4.69, 9.17) is 0 Å². The van der Waals surface area contributed by atoms with Gasteiger partial charge in [0.25, 0.3) is 0 Å². The molecular weight excluding hydrogens is 388 g/mol. The molecule has 3 heterocycles. The maximum absolute atomic E-state index is 13.8. The molecule has 0 spiro atoms. The number of benzene rings is 1. The SMILES string of the molecule is CN=C[C@@H]1C[C@H](F)CN1C(=O)CN1CCC(Nc2ccnc3ccc(F)cc23)CC1. The van der Waals surface area contributed by atoms with Crippen LogP contribution in [0.1, 0.15) is 19.3 Å². The number of likely N-dealkylation sites (tertiary alicyclic amines) is 2. The van der Waals surface area contributed by atoms with Gasteiger partial charge < -0.3 is 10.2 Å². The first-order valence-corrected chi connectivity index (χ1v) is 10.4. The van der Waals surface area contributed by atoms with Crippen LogP contribution in [0, 0.1) is 5.82 Å². The van der Waals surface area contributed by atoms with Gasteiger partial charge in [-0.1, -0.05) is 0 Å². The minimum atomic E-state index is -0.980. The fourth-order valence-electron chi connectivity index (χ4n) is 4.39. The second-order valence-corrected chi connectivity index (χ2v) is 8.07. The molecule has 2 saturated heterocycles.